The summed E-state index contributed by atoms with van der Waals surface area (Å²) in [6, 6.07) is 15.4. The van der Waals surface area contributed by atoms with Gasteiger partial charge in [-0.2, -0.15) is 0 Å². The van der Waals surface area contributed by atoms with Gasteiger partial charge in [-0.1, -0.05) is 36.4 Å². The Bertz CT molecular complexity index is 669. The van der Waals surface area contributed by atoms with Crippen molar-refractivity contribution in [1.82, 2.24) is 0 Å². The summed E-state index contributed by atoms with van der Waals surface area (Å²) < 4.78 is 10.4. The van der Waals surface area contributed by atoms with E-state index in [0.717, 1.165) is 16.9 Å². The lowest BCUT2D eigenvalue weighted by Gasteiger charge is -2.02. The molecule has 0 spiro atoms. The highest BCUT2D eigenvalue weighted by Gasteiger charge is 2.16. The standard InChI is InChI=1S/C17H14O3/c1-19-17(18)13-8-6-12(7-9-13)10-16-15-5-3-2-4-14(15)11-20-16/h2-10H,11H2,1H3/b16-10-. The summed E-state index contributed by atoms with van der Waals surface area (Å²) in [5, 5.41) is 0. The number of fused-ring (bicyclic) bond motifs is 1. The predicted octanol–water partition coefficient (Wildman–Crippen LogP) is 3.50. The number of hydrogen-bond donors (Lipinski definition) is 0. The molecule has 1 aliphatic heterocycles. The Kier molecular flexibility index (Phi) is 3.25. The lowest BCUT2D eigenvalue weighted by atomic mass is 10.1. The van der Waals surface area contributed by atoms with E-state index >= 15 is 0 Å². The maximum absolute atomic E-state index is 11.4. The molecule has 1 aliphatic rings. The van der Waals surface area contributed by atoms with Gasteiger partial charge in [0.15, 0.2) is 0 Å². The van der Waals surface area contributed by atoms with Crippen molar-refractivity contribution < 1.29 is 14.3 Å². The van der Waals surface area contributed by atoms with E-state index in [1.165, 1.54) is 12.7 Å². The molecule has 3 heteroatoms. The van der Waals surface area contributed by atoms with Gasteiger partial charge in [0.05, 0.1) is 12.7 Å². The number of rotatable bonds is 2. The van der Waals surface area contributed by atoms with E-state index in [4.69, 9.17) is 4.74 Å². The number of hydrogen-bond acceptors (Lipinski definition) is 3. The Balaban J connectivity index is 1.88. The second-order valence-electron chi connectivity index (χ2n) is 4.57. The Morgan fingerprint density at radius 3 is 2.65 bits per heavy atom. The van der Waals surface area contributed by atoms with E-state index in [2.05, 4.69) is 16.9 Å². The SMILES string of the molecule is COC(=O)c1ccc(/C=C2\OCc3ccccc32)cc1. The van der Waals surface area contributed by atoms with Gasteiger partial charge in [-0.25, -0.2) is 4.79 Å². The minimum Gasteiger partial charge on any atom is -0.488 e. The van der Waals surface area contributed by atoms with Crippen LogP contribution >= 0.6 is 0 Å². The molecule has 0 aliphatic carbocycles. The normalized spacial score (nSPS) is 14.8. The van der Waals surface area contributed by atoms with Gasteiger partial charge in [0.1, 0.15) is 12.4 Å². The molecule has 1 heterocycles. The van der Waals surface area contributed by atoms with Gasteiger partial charge in [-0.15, -0.1) is 0 Å². The van der Waals surface area contributed by atoms with E-state index in [9.17, 15) is 4.79 Å². The van der Waals surface area contributed by atoms with E-state index in [-0.39, 0.29) is 5.97 Å². The van der Waals surface area contributed by atoms with Gasteiger partial charge in [0.25, 0.3) is 0 Å². The van der Waals surface area contributed by atoms with Crippen molar-refractivity contribution in [2.24, 2.45) is 0 Å². The number of esters is 1. The highest BCUT2D eigenvalue weighted by Crippen LogP contribution is 2.30. The maximum Gasteiger partial charge on any atom is 0.337 e. The fourth-order valence-corrected chi connectivity index (χ4v) is 2.22. The fraction of sp³-hybridized carbons (Fsp3) is 0.118. The van der Waals surface area contributed by atoms with Crippen LogP contribution in [0.1, 0.15) is 27.0 Å². The minimum absolute atomic E-state index is 0.327. The Morgan fingerprint density at radius 2 is 1.90 bits per heavy atom. The average Bonchev–Trinajstić information content (AvgIpc) is 2.91. The number of methoxy groups -OCH3 is 1. The zero-order chi connectivity index (χ0) is 13.9. The maximum atomic E-state index is 11.4. The van der Waals surface area contributed by atoms with Gasteiger partial charge < -0.3 is 9.47 Å². The van der Waals surface area contributed by atoms with E-state index in [0.29, 0.717) is 12.2 Å². The van der Waals surface area contributed by atoms with E-state index in [1.807, 2.05) is 30.3 Å². The molecule has 0 atom stereocenters. The molecule has 100 valence electrons. The van der Waals surface area contributed by atoms with Gasteiger partial charge in [-0.3, -0.25) is 0 Å². The molecule has 0 saturated heterocycles. The Morgan fingerprint density at radius 1 is 1.15 bits per heavy atom. The lowest BCUT2D eigenvalue weighted by Crippen LogP contribution is -2.00. The van der Waals surface area contributed by atoms with Crippen molar-refractivity contribution in [3.63, 3.8) is 0 Å². The quantitative estimate of drug-likeness (QED) is 0.780. The van der Waals surface area contributed by atoms with Crippen molar-refractivity contribution in [2.75, 3.05) is 7.11 Å². The first-order valence-corrected chi connectivity index (χ1v) is 6.39. The molecule has 2 aromatic carbocycles. The van der Waals surface area contributed by atoms with Gasteiger partial charge in [0, 0.05) is 11.1 Å². The summed E-state index contributed by atoms with van der Waals surface area (Å²) in [5.41, 5.74) is 3.86. The van der Waals surface area contributed by atoms with Crippen molar-refractivity contribution >= 4 is 17.8 Å². The summed E-state index contributed by atoms with van der Waals surface area (Å²) in [7, 11) is 1.38. The molecule has 3 nitrogen and oxygen atoms in total. The zero-order valence-electron chi connectivity index (χ0n) is 11.1. The molecule has 0 radical (unpaired) electrons. The van der Waals surface area contributed by atoms with Crippen LogP contribution in [0.2, 0.25) is 0 Å². The van der Waals surface area contributed by atoms with Crippen LogP contribution in [0, 0.1) is 0 Å². The second kappa shape index (κ2) is 5.21. The van der Waals surface area contributed by atoms with Crippen LogP contribution in [0.4, 0.5) is 0 Å². The van der Waals surface area contributed by atoms with Crippen LogP contribution in [0.5, 0.6) is 0 Å². The third-order valence-corrected chi connectivity index (χ3v) is 3.30. The van der Waals surface area contributed by atoms with Crippen LogP contribution in [-0.2, 0) is 16.1 Å². The number of carbonyl (C=O) groups is 1. The highest BCUT2D eigenvalue weighted by molar-refractivity contribution is 5.90. The molecule has 0 N–H and O–H groups in total. The summed E-state index contributed by atoms with van der Waals surface area (Å²) in [6.45, 7) is 0.613. The van der Waals surface area contributed by atoms with Crippen molar-refractivity contribution in [1.29, 1.82) is 0 Å². The lowest BCUT2D eigenvalue weighted by molar-refractivity contribution is 0.0601. The molecule has 20 heavy (non-hydrogen) atoms. The third kappa shape index (κ3) is 2.30. The van der Waals surface area contributed by atoms with E-state index < -0.39 is 0 Å². The molecule has 0 saturated carbocycles. The first kappa shape index (κ1) is 12.5. The molecular weight excluding hydrogens is 252 g/mol. The van der Waals surface area contributed by atoms with Gasteiger partial charge in [0.2, 0.25) is 0 Å². The van der Waals surface area contributed by atoms with Crippen molar-refractivity contribution in [2.45, 2.75) is 6.61 Å². The number of benzene rings is 2. The summed E-state index contributed by atoms with van der Waals surface area (Å²) in [4.78, 5) is 11.4. The number of ether oxygens (including phenoxy) is 2. The van der Waals surface area contributed by atoms with Crippen LogP contribution in [0.25, 0.3) is 11.8 Å². The van der Waals surface area contributed by atoms with Crippen LogP contribution in [-0.4, -0.2) is 13.1 Å². The molecule has 3 rings (SSSR count). The molecule has 0 fully saturated rings. The largest absolute Gasteiger partial charge is 0.488 e. The molecule has 0 unspecified atom stereocenters. The predicted molar refractivity (Wildman–Crippen MR) is 76.9 cm³/mol. The molecular formula is C17H14O3. The van der Waals surface area contributed by atoms with Gasteiger partial charge in [-0.05, 0) is 23.8 Å². The molecule has 0 amide bonds. The zero-order valence-corrected chi connectivity index (χ0v) is 11.1. The first-order chi connectivity index (χ1) is 9.78. The Labute approximate surface area is 117 Å². The van der Waals surface area contributed by atoms with E-state index in [1.54, 1.807) is 12.1 Å². The van der Waals surface area contributed by atoms with Gasteiger partial charge >= 0.3 is 5.97 Å². The molecule has 0 aromatic heterocycles. The molecule has 0 bridgehead atoms. The summed E-state index contributed by atoms with van der Waals surface area (Å²) in [6.07, 6.45) is 1.98. The van der Waals surface area contributed by atoms with Crippen molar-refractivity contribution in [3.8, 4) is 0 Å². The average molecular weight is 266 g/mol. The smallest absolute Gasteiger partial charge is 0.337 e. The van der Waals surface area contributed by atoms with Crippen LogP contribution < -0.4 is 0 Å². The third-order valence-electron chi connectivity index (χ3n) is 3.30. The minimum atomic E-state index is -0.327. The fourth-order valence-electron chi connectivity index (χ4n) is 2.22. The monoisotopic (exact) mass is 266 g/mol. The van der Waals surface area contributed by atoms with Crippen LogP contribution in [0.3, 0.4) is 0 Å². The van der Waals surface area contributed by atoms with Crippen LogP contribution in [0.15, 0.2) is 48.5 Å². The Hall–Kier alpha value is -2.55. The summed E-state index contributed by atoms with van der Waals surface area (Å²) in [5.74, 6) is 0.540. The topological polar surface area (TPSA) is 35.5 Å². The van der Waals surface area contributed by atoms with Crippen molar-refractivity contribution in [3.05, 3.63) is 70.8 Å². The first-order valence-electron chi connectivity index (χ1n) is 6.39. The number of carbonyl (C=O) groups excluding carboxylic acids is 1. The second-order valence-corrected chi connectivity index (χ2v) is 4.57. The molecule has 2 aromatic rings. The highest BCUT2D eigenvalue weighted by atomic mass is 16.5. The summed E-state index contributed by atoms with van der Waals surface area (Å²) >= 11 is 0.